The fourth-order valence-corrected chi connectivity index (χ4v) is 7.49. The average Bonchev–Trinajstić information content (AvgIpc) is 3.35. The van der Waals surface area contributed by atoms with E-state index in [9.17, 15) is 27.6 Å². The number of ether oxygens (including phenoxy) is 1. The number of hydrogen-bond acceptors (Lipinski definition) is 6. The zero-order valence-electron chi connectivity index (χ0n) is 25.5. The molecule has 0 bridgehead atoms. The number of carbonyl (C=O) groups is 3. The van der Waals surface area contributed by atoms with Gasteiger partial charge in [0.05, 0.1) is 17.8 Å². The number of likely N-dealkylation sites (tertiary alicyclic amines) is 2. The molecule has 4 heterocycles. The Morgan fingerprint density at radius 3 is 2.20 bits per heavy atom. The SMILES string of the molecule is O=C(c1ccccc1)C1CCN(C(=O)C2CCC(CN3CC4(CCN(Cc5ccc(C(F)(F)F)cn5)CC4)OC3=O)CC2)CC1. The lowest BCUT2D eigenvalue weighted by Crippen LogP contribution is -2.47. The third-order valence-electron chi connectivity index (χ3n) is 10.3. The minimum atomic E-state index is -4.40. The fourth-order valence-electron chi connectivity index (χ4n) is 7.49. The van der Waals surface area contributed by atoms with Crippen LogP contribution in [-0.2, 0) is 22.3 Å². The van der Waals surface area contributed by atoms with Gasteiger partial charge in [0.15, 0.2) is 5.78 Å². The molecule has 0 radical (unpaired) electrons. The standard InChI is InChI=1S/C34H41F3N4O4/c35-34(36,37)28-10-11-29(38-20-28)22-39-18-14-33(15-19-39)23-41(32(44)45-33)21-24-6-8-27(9-7-24)31(43)40-16-12-26(13-17-40)30(42)25-4-2-1-3-5-25/h1-5,10-11,20,24,26-27H,6-9,12-19,21-23H2. The number of rotatable bonds is 7. The number of carbonyl (C=O) groups excluding carboxylic acids is 3. The number of hydrogen-bond donors (Lipinski definition) is 0. The van der Waals surface area contributed by atoms with E-state index in [2.05, 4.69) is 9.88 Å². The first-order valence-electron chi connectivity index (χ1n) is 16.2. The first-order valence-corrected chi connectivity index (χ1v) is 16.2. The minimum absolute atomic E-state index is 0.00276. The third kappa shape index (κ3) is 7.34. The Labute approximate surface area is 261 Å². The van der Waals surface area contributed by atoms with Crippen molar-refractivity contribution in [3.63, 3.8) is 0 Å². The van der Waals surface area contributed by atoms with Crippen LogP contribution in [0.1, 0.15) is 73.0 Å². The smallest absolute Gasteiger partial charge is 0.417 e. The molecule has 1 aromatic carbocycles. The van der Waals surface area contributed by atoms with Crippen molar-refractivity contribution >= 4 is 17.8 Å². The lowest BCUT2D eigenvalue weighted by atomic mass is 9.80. The highest BCUT2D eigenvalue weighted by atomic mass is 19.4. The summed E-state index contributed by atoms with van der Waals surface area (Å²) in [7, 11) is 0. The lowest BCUT2D eigenvalue weighted by molar-refractivity contribution is -0.138. The van der Waals surface area contributed by atoms with Gasteiger partial charge in [-0.15, -0.1) is 0 Å². The van der Waals surface area contributed by atoms with Crippen molar-refractivity contribution in [2.75, 3.05) is 39.3 Å². The number of Topliss-reactive ketones (excluding diaryl/α,β-unsaturated/α-hetero) is 1. The van der Waals surface area contributed by atoms with Crippen molar-refractivity contribution in [3.8, 4) is 0 Å². The highest BCUT2D eigenvalue weighted by Gasteiger charge is 2.47. The van der Waals surface area contributed by atoms with E-state index in [0.29, 0.717) is 83.1 Å². The summed E-state index contributed by atoms with van der Waals surface area (Å²) >= 11 is 0. The van der Waals surface area contributed by atoms with Gasteiger partial charge in [-0.25, -0.2) is 4.79 Å². The molecule has 1 aromatic heterocycles. The van der Waals surface area contributed by atoms with Gasteiger partial charge < -0.3 is 14.5 Å². The van der Waals surface area contributed by atoms with Crippen LogP contribution in [0.15, 0.2) is 48.7 Å². The Morgan fingerprint density at radius 2 is 1.58 bits per heavy atom. The van der Waals surface area contributed by atoms with Gasteiger partial charge in [-0.3, -0.25) is 19.5 Å². The second-order valence-corrected chi connectivity index (χ2v) is 13.3. The van der Waals surface area contributed by atoms with E-state index in [1.807, 2.05) is 40.1 Å². The predicted molar refractivity (Wildman–Crippen MR) is 160 cm³/mol. The van der Waals surface area contributed by atoms with Crippen LogP contribution in [0.25, 0.3) is 0 Å². The van der Waals surface area contributed by atoms with Crippen molar-refractivity contribution in [2.45, 2.75) is 69.7 Å². The summed E-state index contributed by atoms with van der Waals surface area (Å²) in [6.07, 6.45) is 2.36. The molecule has 11 heteroatoms. The Hall–Kier alpha value is -3.47. The number of aromatic nitrogens is 1. The summed E-state index contributed by atoms with van der Waals surface area (Å²) in [4.78, 5) is 48.9. The van der Waals surface area contributed by atoms with E-state index >= 15 is 0 Å². The highest BCUT2D eigenvalue weighted by molar-refractivity contribution is 5.98. The van der Waals surface area contributed by atoms with Gasteiger partial charge in [0.25, 0.3) is 0 Å². The predicted octanol–water partition coefficient (Wildman–Crippen LogP) is 5.82. The summed E-state index contributed by atoms with van der Waals surface area (Å²) in [6, 6.07) is 11.9. The molecule has 2 aromatic rings. The van der Waals surface area contributed by atoms with Crippen LogP contribution in [0, 0.1) is 17.8 Å². The van der Waals surface area contributed by atoms with Gasteiger partial charge >= 0.3 is 12.3 Å². The van der Waals surface area contributed by atoms with E-state index in [1.165, 1.54) is 6.07 Å². The maximum atomic E-state index is 13.3. The largest absolute Gasteiger partial charge is 0.441 e. The van der Waals surface area contributed by atoms with Crippen LogP contribution >= 0.6 is 0 Å². The number of ketones is 1. The Morgan fingerprint density at radius 1 is 0.889 bits per heavy atom. The van der Waals surface area contributed by atoms with Crippen molar-refractivity contribution in [2.24, 2.45) is 17.8 Å². The normalized spacial score (nSPS) is 24.6. The zero-order valence-corrected chi connectivity index (χ0v) is 25.5. The molecule has 6 rings (SSSR count). The van der Waals surface area contributed by atoms with Gasteiger partial charge in [-0.2, -0.15) is 13.2 Å². The molecule has 1 saturated carbocycles. The van der Waals surface area contributed by atoms with Crippen molar-refractivity contribution in [1.29, 1.82) is 0 Å². The number of benzene rings is 1. The van der Waals surface area contributed by atoms with Crippen LogP contribution in [0.3, 0.4) is 0 Å². The molecule has 1 spiro atoms. The number of nitrogens with zero attached hydrogens (tertiary/aromatic N) is 4. The van der Waals surface area contributed by atoms with Crippen molar-refractivity contribution < 1.29 is 32.3 Å². The number of pyridine rings is 1. The third-order valence-corrected chi connectivity index (χ3v) is 10.3. The Balaban J connectivity index is 0.916. The molecule has 1 aliphatic carbocycles. The van der Waals surface area contributed by atoms with Crippen LogP contribution in [0.4, 0.5) is 18.0 Å². The second kappa shape index (κ2) is 13.1. The quantitative estimate of drug-likeness (QED) is 0.361. The molecular formula is C34H41F3N4O4. The topological polar surface area (TPSA) is 83.1 Å². The van der Waals surface area contributed by atoms with Gasteiger partial charge in [0, 0.05) is 75.7 Å². The van der Waals surface area contributed by atoms with Gasteiger partial charge in [0.2, 0.25) is 5.91 Å². The Bertz CT molecular complexity index is 1350. The van der Waals surface area contributed by atoms with Gasteiger partial charge in [-0.1, -0.05) is 30.3 Å². The zero-order chi connectivity index (χ0) is 31.6. The molecule has 0 N–H and O–H groups in total. The van der Waals surface area contributed by atoms with Crippen molar-refractivity contribution in [3.05, 3.63) is 65.5 Å². The minimum Gasteiger partial charge on any atom is -0.441 e. The summed E-state index contributed by atoms with van der Waals surface area (Å²) in [6.45, 7) is 4.24. The van der Waals surface area contributed by atoms with Crippen LogP contribution in [0.5, 0.6) is 0 Å². The second-order valence-electron chi connectivity index (χ2n) is 13.3. The van der Waals surface area contributed by atoms with E-state index in [4.69, 9.17) is 4.74 Å². The number of piperidine rings is 2. The number of halogens is 3. The van der Waals surface area contributed by atoms with Gasteiger partial charge in [-0.05, 0) is 56.6 Å². The van der Waals surface area contributed by atoms with Crippen LogP contribution in [0.2, 0.25) is 0 Å². The molecule has 8 nitrogen and oxygen atoms in total. The summed E-state index contributed by atoms with van der Waals surface area (Å²) in [5.74, 6) is 0.682. The summed E-state index contributed by atoms with van der Waals surface area (Å²) in [5.41, 5.74) is 0.0480. The maximum absolute atomic E-state index is 13.3. The highest BCUT2D eigenvalue weighted by Crippen LogP contribution is 2.37. The van der Waals surface area contributed by atoms with Crippen LogP contribution < -0.4 is 0 Å². The average molecular weight is 627 g/mol. The molecule has 0 unspecified atom stereocenters. The van der Waals surface area contributed by atoms with E-state index < -0.39 is 17.3 Å². The molecule has 0 atom stereocenters. The van der Waals surface area contributed by atoms with Crippen molar-refractivity contribution in [1.82, 2.24) is 19.7 Å². The first-order chi connectivity index (χ1) is 21.6. The first kappa shape index (κ1) is 31.5. The molecule has 45 heavy (non-hydrogen) atoms. The fraction of sp³-hybridized carbons (Fsp3) is 0.588. The lowest BCUT2D eigenvalue weighted by Gasteiger charge is -2.37. The number of amides is 2. The molecule has 3 aliphatic heterocycles. The number of alkyl halides is 3. The van der Waals surface area contributed by atoms with Crippen LogP contribution in [-0.4, -0.2) is 82.3 Å². The summed E-state index contributed by atoms with van der Waals surface area (Å²) < 4.78 is 44.4. The summed E-state index contributed by atoms with van der Waals surface area (Å²) in [5, 5.41) is 0. The van der Waals surface area contributed by atoms with E-state index in [1.54, 1.807) is 0 Å². The monoisotopic (exact) mass is 626 g/mol. The Kier molecular flexibility index (Phi) is 9.17. The van der Waals surface area contributed by atoms with E-state index in [-0.39, 0.29) is 29.6 Å². The molecule has 2 amide bonds. The molecule has 4 fully saturated rings. The van der Waals surface area contributed by atoms with Gasteiger partial charge in [0.1, 0.15) is 5.60 Å². The maximum Gasteiger partial charge on any atom is 0.417 e. The van der Waals surface area contributed by atoms with E-state index in [0.717, 1.165) is 43.5 Å². The molecular weight excluding hydrogens is 585 g/mol. The molecule has 242 valence electrons. The molecule has 4 aliphatic rings. The molecule has 3 saturated heterocycles.